The molecule has 4 rings (SSSR count). The number of aromatic amines is 1. The molecule has 1 unspecified atom stereocenters. The lowest BCUT2D eigenvalue weighted by Gasteiger charge is -2.39. The third-order valence-electron chi connectivity index (χ3n) is 5.69. The molecule has 0 aromatic carbocycles. The maximum atomic E-state index is 13.0. The van der Waals surface area contributed by atoms with Crippen molar-refractivity contribution in [3.63, 3.8) is 0 Å². The Hall–Kier alpha value is -2.70. The van der Waals surface area contributed by atoms with E-state index in [4.69, 9.17) is 0 Å². The summed E-state index contributed by atoms with van der Waals surface area (Å²) in [6, 6.07) is 7.33. The van der Waals surface area contributed by atoms with Crippen LogP contribution >= 0.6 is 0 Å². The summed E-state index contributed by atoms with van der Waals surface area (Å²) >= 11 is 0. The molecule has 1 spiro atoms. The first-order chi connectivity index (χ1) is 13.1. The molecule has 1 atom stereocenters. The minimum atomic E-state index is -0.396. The average Bonchev–Trinajstić information content (AvgIpc) is 3.35. The minimum absolute atomic E-state index is 0.0954. The van der Waals surface area contributed by atoms with Crippen LogP contribution in [-0.2, 0) is 4.79 Å². The molecule has 4 heterocycles. The monoisotopic (exact) mass is 367 g/mol. The van der Waals surface area contributed by atoms with Gasteiger partial charge in [-0.05, 0) is 43.9 Å². The summed E-state index contributed by atoms with van der Waals surface area (Å²) in [7, 11) is 0. The Bertz CT molecular complexity index is 832. The van der Waals surface area contributed by atoms with Gasteiger partial charge < -0.3 is 9.80 Å². The number of hydrogen-bond acceptors (Lipinski definition) is 4. The highest BCUT2D eigenvalue weighted by atomic mass is 16.2. The highest BCUT2D eigenvalue weighted by Gasteiger charge is 2.49. The molecule has 2 amide bonds. The first kappa shape index (κ1) is 17.7. The lowest BCUT2D eigenvalue weighted by molar-refractivity contribution is -0.145. The number of likely N-dealkylation sites (tertiary alicyclic amines) is 2. The molecule has 2 aliphatic rings. The van der Waals surface area contributed by atoms with Gasteiger partial charge in [-0.15, -0.1) is 0 Å². The van der Waals surface area contributed by atoms with Crippen molar-refractivity contribution in [3.8, 4) is 11.4 Å². The van der Waals surface area contributed by atoms with Crippen LogP contribution in [0, 0.1) is 5.41 Å². The molecule has 2 aliphatic heterocycles. The van der Waals surface area contributed by atoms with Gasteiger partial charge in [0, 0.05) is 32.4 Å². The zero-order valence-electron chi connectivity index (χ0n) is 15.6. The van der Waals surface area contributed by atoms with Crippen molar-refractivity contribution >= 4 is 11.8 Å². The van der Waals surface area contributed by atoms with Gasteiger partial charge in [0.2, 0.25) is 5.91 Å². The lowest BCUT2D eigenvalue weighted by atomic mass is 9.78. The quantitative estimate of drug-likeness (QED) is 0.899. The molecule has 0 aliphatic carbocycles. The number of nitrogens with zero attached hydrogens (tertiary/aromatic N) is 4. The third kappa shape index (κ3) is 3.22. The second-order valence-electron chi connectivity index (χ2n) is 7.53. The van der Waals surface area contributed by atoms with Gasteiger partial charge in [-0.2, -0.15) is 5.10 Å². The second-order valence-corrected chi connectivity index (χ2v) is 7.53. The number of rotatable bonds is 4. The van der Waals surface area contributed by atoms with Gasteiger partial charge >= 0.3 is 0 Å². The number of hydrogen-bond donors (Lipinski definition) is 1. The topological polar surface area (TPSA) is 82.2 Å². The van der Waals surface area contributed by atoms with E-state index in [0.29, 0.717) is 24.5 Å². The molecule has 7 nitrogen and oxygen atoms in total. The van der Waals surface area contributed by atoms with Crippen LogP contribution in [0.15, 0.2) is 30.5 Å². The highest BCUT2D eigenvalue weighted by Crippen LogP contribution is 2.40. The Labute approximate surface area is 158 Å². The maximum absolute atomic E-state index is 13.0. The number of amides is 2. The van der Waals surface area contributed by atoms with Gasteiger partial charge in [0.05, 0.1) is 11.1 Å². The molecule has 2 fully saturated rings. The van der Waals surface area contributed by atoms with E-state index in [1.807, 2.05) is 23.1 Å². The summed E-state index contributed by atoms with van der Waals surface area (Å²) in [5.41, 5.74) is 1.42. The Kier molecular flexibility index (Phi) is 4.68. The van der Waals surface area contributed by atoms with E-state index in [2.05, 4.69) is 22.1 Å². The fourth-order valence-corrected chi connectivity index (χ4v) is 4.31. The van der Waals surface area contributed by atoms with Crippen LogP contribution in [0.3, 0.4) is 0 Å². The Balaban J connectivity index is 1.48. The predicted octanol–water partition coefficient (Wildman–Crippen LogP) is 2.34. The molecule has 1 N–H and O–H groups in total. The average molecular weight is 367 g/mol. The normalized spacial score (nSPS) is 22.6. The second kappa shape index (κ2) is 7.13. The zero-order chi connectivity index (χ0) is 18.9. The van der Waals surface area contributed by atoms with E-state index < -0.39 is 5.41 Å². The molecule has 2 aromatic heterocycles. The number of aromatic nitrogens is 3. The summed E-state index contributed by atoms with van der Waals surface area (Å²) in [5, 5.41) is 7.06. The molecule has 0 bridgehead atoms. The number of pyridine rings is 1. The van der Waals surface area contributed by atoms with Gasteiger partial charge in [-0.1, -0.05) is 13.0 Å². The van der Waals surface area contributed by atoms with Crippen LogP contribution in [0.2, 0.25) is 0 Å². The van der Waals surface area contributed by atoms with Crippen molar-refractivity contribution in [1.82, 2.24) is 25.0 Å². The van der Waals surface area contributed by atoms with E-state index in [0.717, 1.165) is 44.5 Å². The van der Waals surface area contributed by atoms with Crippen molar-refractivity contribution in [1.29, 1.82) is 0 Å². The van der Waals surface area contributed by atoms with Gasteiger partial charge in [0.1, 0.15) is 11.4 Å². The largest absolute Gasteiger partial charge is 0.342 e. The number of carbonyl (C=O) groups excluding carboxylic acids is 2. The third-order valence-corrected chi connectivity index (χ3v) is 5.69. The first-order valence-corrected chi connectivity index (χ1v) is 9.68. The summed E-state index contributed by atoms with van der Waals surface area (Å²) in [6.45, 7) is 4.86. The maximum Gasteiger partial charge on any atom is 0.271 e. The summed E-state index contributed by atoms with van der Waals surface area (Å²) in [5.74, 6) is 0.131. The van der Waals surface area contributed by atoms with E-state index in [1.165, 1.54) is 0 Å². The smallest absolute Gasteiger partial charge is 0.271 e. The molecular formula is C20H25N5O2. The lowest BCUT2D eigenvalue weighted by Crippen LogP contribution is -2.50. The minimum Gasteiger partial charge on any atom is -0.342 e. The van der Waals surface area contributed by atoms with E-state index in [-0.39, 0.29) is 11.8 Å². The van der Waals surface area contributed by atoms with Crippen LogP contribution < -0.4 is 0 Å². The van der Waals surface area contributed by atoms with Gasteiger partial charge in [-0.25, -0.2) is 0 Å². The molecular weight excluding hydrogens is 342 g/mol. The number of nitrogens with one attached hydrogen (secondary N) is 1. The van der Waals surface area contributed by atoms with E-state index in [9.17, 15) is 9.59 Å². The fraction of sp³-hybridized carbons (Fsp3) is 0.500. The van der Waals surface area contributed by atoms with Crippen molar-refractivity contribution in [2.45, 2.75) is 32.6 Å². The standard InChI is InChI=1S/C20H25N5O2/c1-2-10-24-11-5-7-20(19(24)27)8-12-25(14-20)18(26)17-13-16(22-23-17)15-6-3-4-9-21-15/h3-4,6,9,13H,2,5,7-8,10-12,14H2,1H3,(H,22,23). The van der Waals surface area contributed by atoms with Crippen molar-refractivity contribution in [2.75, 3.05) is 26.2 Å². The molecule has 7 heteroatoms. The van der Waals surface area contributed by atoms with Crippen LogP contribution in [-0.4, -0.2) is 63.0 Å². The Morgan fingerprint density at radius 2 is 2.15 bits per heavy atom. The first-order valence-electron chi connectivity index (χ1n) is 9.68. The number of piperidine rings is 1. The number of H-pyrrole nitrogens is 1. The van der Waals surface area contributed by atoms with Gasteiger partial charge in [0.15, 0.2) is 0 Å². The molecule has 27 heavy (non-hydrogen) atoms. The Morgan fingerprint density at radius 1 is 1.26 bits per heavy atom. The predicted molar refractivity (Wildman–Crippen MR) is 101 cm³/mol. The summed E-state index contributed by atoms with van der Waals surface area (Å²) < 4.78 is 0. The van der Waals surface area contributed by atoms with E-state index >= 15 is 0 Å². The molecule has 0 saturated carbocycles. The van der Waals surface area contributed by atoms with Crippen molar-refractivity contribution in [3.05, 3.63) is 36.2 Å². The van der Waals surface area contributed by atoms with Crippen molar-refractivity contribution < 1.29 is 9.59 Å². The summed E-state index contributed by atoms with van der Waals surface area (Å²) in [6.07, 6.45) is 5.31. The molecule has 142 valence electrons. The highest BCUT2D eigenvalue weighted by molar-refractivity contribution is 5.94. The Morgan fingerprint density at radius 3 is 2.93 bits per heavy atom. The van der Waals surface area contributed by atoms with Crippen LogP contribution in [0.4, 0.5) is 0 Å². The summed E-state index contributed by atoms with van der Waals surface area (Å²) in [4.78, 5) is 34.0. The van der Waals surface area contributed by atoms with Crippen LogP contribution in [0.25, 0.3) is 11.4 Å². The van der Waals surface area contributed by atoms with Crippen LogP contribution in [0.5, 0.6) is 0 Å². The van der Waals surface area contributed by atoms with Gasteiger partial charge in [0.25, 0.3) is 5.91 Å². The van der Waals surface area contributed by atoms with Crippen molar-refractivity contribution in [2.24, 2.45) is 5.41 Å². The SMILES string of the molecule is CCCN1CCCC2(CCN(C(=O)c3cc(-c4ccccn4)n[nH]3)C2)C1=O. The van der Waals surface area contributed by atoms with Crippen LogP contribution in [0.1, 0.15) is 43.1 Å². The molecule has 0 radical (unpaired) electrons. The molecule has 2 aromatic rings. The fourth-order valence-electron chi connectivity index (χ4n) is 4.31. The van der Waals surface area contributed by atoms with E-state index in [1.54, 1.807) is 17.2 Å². The van der Waals surface area contributed by atoms with Gasteiger partial charge in [-0.3, -0.25) is 19.7 Å². The number of carbonyl (C=O) groups is 2. The molecule has 2 saturated heterocycles. The zero-order valence-corrected chi connectivity index (χ0v) is 15.6.